The predicted molar refractivity (Wildman–Crippen MR) is 74.2 cm³/mol. The number of carbonyl (C=O) groups is 2. The Morgan fingerprint density at radius 2 is 1.90 bits per heavy atom. The van der Waals surface area contributed by atoms with Crippen molar-refractivity contribution < 1.29 is 23.1 Å². The highest BCUT2D eigenvalue weighted by Gasteiger charge is 2.19. The fraction of sp³-hybridized carbons (Fsp3) is 0.333. The van der Waals surface area contributed by atoms with E-state index in [4.69, 9.17) is 5.11 Å². The molecule has 0 bridgehead atoms. The molecule has 1 amide bonds. The highest BCUT2D eigenvalue weighted by atomic mass is 32.2. The van der Waals surface area contributed by atoms with Crippen LogP contribution in [-0.2, 0) is 14.8 Å². The molecule has 1 unspecified atom stereocenters. The molecule has 8 heteroatoms. The maximum absolute atomic E-state index is 12.0. The van der Waals surface area contributed by atoms with Crippen molar-refractivity contribution in [2.24, 2.45) is 0 Å². The Hall–Kier alpha value is -2.09. The second-order valence-electron chi connectivity index (χ2n) is 4.46. The van der Waals surface area contributed by atoms with E-state index in [-0.39, 0.29) is 11.3 Å². The average molecular weight is 300 g/mol. The lowest BCUT2D eigenvalue weighted by molar-refractivity contribution is -0.138. The lowest BCUT2D eigenvalue weighted by Crippen LogP contribution is -2.38. The number of anilines is 1. The number of aryl methyl sites for hydroxylation is 1. The molecule has 0 heterocycles. The Morgan fingerprint density at radius 1 is 1.30 bits per heavy atom. The van der Waals surface area contributed by atoms with Gasteiger partial charge in [-0.3, -0.25) is 14.3 Å². The molecule has 0 aliphatic carbocycles. The number of rotatable bonds is 5. The zero-order valence-corrected chi connectivity index (χ0v) is 12.1. The van der Waals surface area contributed by atoms with Crippen LogP contribution in [0.15, 0.2) is 18.2 Å². The van der Waals surface area contributed by atoms with E-state index in [1.807, 2.05) is 0 Å². The minimum atomic E-state index is -3.54. The summed E-state index contributed by atoms with van der Waals surface area (Å²) in [4.78, 5) is 22.7. The quantitative estimate of drug-likeness (QED) is 0.736. The summed E-state index contributed by atoms with van der Waals surface area (Å²) in [5.41, 5.74) is 0.925. The molecule has 20 heavy (non-hydrogen) atoms. The van der Waals surface area contributed by atoms with Crippen LogP contribution in [0.25, 0.3) is 0 Å². The Bertz CT molecular complexity index is 639. The molecular formula is C12H16N2O5S. The third-order valence-corrected chi connectivity index (χ3v) is 3.02. The van der Waals surface area contributed by atoms with Crippen molar-refractivity contribution >= 4 is 27.6 Å². The first-order valence-corrected chi connectivity index (χ1v) is 7.61. The molecule has 1 aromatic carbocycles. The molecule has 0 radical (unpaired) electrons. The number of carbonyl (C=O) groups excluding carboxylic acids is 1. The fourth-order valence-electron chi connectivity index (χ4n) is 1.47. The van der Waals surface area contributed by atoms with E-state index in [1.54, 1.807) is 13.0 Å². The van der Waals surface area contributed by atoms with Gasteiger partial charge in [-0.05, 0) is 26.0 Å². The Labute approximate surface area is 117 Å². The number of hydrogen-bond donors (Lipinski definition) is 3. The number of hydrogen-bond acceptors (Lipinski definition) is 4. The van der Waals surface area contributed by atoms with Crippen LogP contribution < -0.4 is 10.0 Å². The first-order valence-electron chi connectivity index (χ1n) is 5.72. The first-order chi connectivity index (χ1) is 9.10. The lowest BCUT2D eigenvalue weighted by atomic mass is 10.1. The van der Waals surface area contributed by atoms with Gasteiger partial charge in [0.25, 0.3) is 5.91 Å². The van der Waals surface area contributed by atoms with Gasteiger partial charge in [0.2, 0.25) is 10.0 Å². The maximum atomic E-state index is 12.0. The van der Waals surface area contributed by atoms with Gasteiger partial charge < -0.3 is 10.4 Å². The summed E-state index contributed by atoms with van der Waals surface area (Å²) in [5.74, 6) is -1.83. The van der Waals surface area contributed by atoms with Gasteiger partial charge in [0, 0.05) is 0 Å². The minimum absolute atomic E-state index is 0.0727. The number of benzene rings is 1. The molecule has 3 N–H and O–H groups in total. The molecule has 1 aromatic rings. The van der Waals surface area contributed by atoms with Crippen LogP contribution in [0.1, 0.15) is 22.8 Å². The van der Waals surface area contributed by atoms with Gasteiger partial charge in [-0.15, -0.1) is 0 Å². The van der Waals surface area contributed by atoms with Crippen molar-refractivity contribution in [1.82, 2.24) is 5.32 Å². The molecule has 0 saturated carbocycles. The summed E-state index contributed by atoms with van der Waals surface area (Å²) in [5, 5.41) is 11.0. The van der Waals surface area contributed by atoms with E-state index in [1.165, 1.54) is 19.1 Å². The molecule has 1 rings (SSSR count). The molecule has 110 valence electrons. The fourth-order valence-corrected chi connectivity index (χ4v) is 2.05. The van der Waals surface area contributed by atoms with Crippen molar-refractivity contribution in [3.63, 3.8) is 0 Å². The molecule has 0 fully saturated rings. The van der Waals surface area contributed by atoms with Crippen molar-refractivity contribution in [3.8, 4) is 0 Å². The minimum Gasteiger partial charge on any atom is -0.480 e. The van der Waals surface area contributed by atoms with E-state index in [2.05, 4.69) is 10.0 Å². The summed E-state index contributed by atoms with van der Waals surface area (Å²) >= 11 is 0. The van der Waals surface area contributed by atoms with Gasteiger partial charge in [-0.1, -0.05) is 11.6 Å². The van der Waals surface area contributed by atoms with Gasteiger partial charge >= 0.3 is 5.97 Å². The number of nitrogens with one attached hydrogen (secondary N) is 2. The number of amides is 1. The Kier molecular flexibility index (Phi) is 4.72. The molecule has 7 nitrogen and oxygen atoms in total. The summed E-state index contributed by atoms with van der Waals surface area (Å²) in [6, 6.07) is 3.51. The van der Waals surface area contributed by atoms with Crippen LogP contribution in [0.4, 0.5) is 5.69 Å². The first kappa shape index (κ1) is 16.0. The van der Waals surface area contributed by atoms with Crippen molar-refractivity contribution in [2.45, 2.75) is 19.9 Å². The number of carboxylic acid groups (broad SMARTS) is 1. The third kappa shape index (κ3) is 4.54. The van der Waals surface area contributed by atoms with Gasteiger partial charge in [0.15, 0.2) is 0 Å². The van der Waals surface area contributed by atoms with Gasteiger partial charge in [-0.25, -0.2) is 8.42 Å². The number of aliphatic carboxylic acids is 1. The van der Waals surface area contributed by atoms with Crippen LogP contribution in [0.3, 0.4) is 0 Å². The largest absolute Gasteiger partial charge is 0.480 e. The van der Waals surface area contributed by atoms with E-state index in [0.717, 1.165) is 11.8 Å². The highest BCUT2D eigenvalue weighted by Crippen LogP contribution is 2.18. The van der Waals surface area contributed by atoms with Gasteiger partial charge in [0.05, 0.1) is 17.5 Å². The molecule has 0 saturated heterocycles. The molecule has 0 aliphatic heterocycles. The van der Waals surface area contributed by atoms with Crippen molar-refractivity contribution in [3.05, 3.63) is 29.3 Å². The van der Waals surface area contributed by atoms with Crippen LogP contribution in [0.5, 0.6) is 0 Å². The number of carboxylic acids is 1. The van der Waals surface area contributed by atoms with Crippen LogP contribution in [0.2, 0.25) is 0 Å². The van der Waals surface area contributed by atoms with Crippen molar-refractivity contribution in [2.75, 3.05) is 11.0 Å². The summed E-state index contributed by atoms with van der Waals surface area (Å²) in [6.07, 6.45) is 0.967. The molecule has 0 spiro atoms. The molecule has 1 atom stereocenters. The van der Waals surface area contributed by atoms with Crippen LogP contribution >= 0.6 is 0 Å². The Morgan fingerprint density at radius 3 is 2.40 bits per heavy atom. The summed E-state index contributed by atoms with van der Waals surface area (Å²) in [6.45, 7) is 3.06. The molecule has 0 aliphatic rings. The highest BCUT2D eigenvalue weighted by molar-refractivity contribution is 7.92. The molecular weight excluding hydrogens is 284 g/mol. The molecule has 0 aromatic heterocycles. The van der Waals surface area contributed by atoms with E-state index < -0.39 is 27.9 Å². The zero-order valence-electron chi connectivity index (χ0n) is 11.3. The van der Waals surface area contributed by atoms with Gasteiger partial charge in [-0.2, -0.15) is 0 Å². The normalized spacial score (nSPS) is 12.6. The second-order valence-corrected chi connectivity index (χ2v) is 6.21. The van der Waals surface area contributed by atoms with Gasteiger partial charge in [0.1, 0.15) is 6.04 Å². The smallest absolute Gasteiger partial charge is 0.325 e. The average Bonchev–Trinajstić information content (AvgIpc) is 2.29. The van der Waals surface area contributed by atoms with Crippen LogP contribution in [-0.4, -0.2) is 37.7 Å². The summed E-state index contributed by atoms with van der Waals surface area (Å²) in [7, 11) is -3.54. The Balaban J connectivity index is 3.12. The predicted octanol–water partition coefficient (Wildman–Crippen LogP) is 0.569. The maximum Gasteiger partial charge on any atom is 0.325 e. The van der Waals surface area contributed by atoms with E-state index in [9.17, 15) is 18.0 Å². The third-order valence-electron chi connectivity index (χ3n) is 2.43. The topological polar surface area (TPSA) is 113 Å². The van der Waals surface area contributed by atoms with Crippen molar-refractivity contribution in [1.29, 1.82) is 0 Å². The number of sulfonamides is 1. The van der Waals surface area contributed by atoms with Crippen LogP contribution in [0, 0.1) is 6.92 Å². The lowest BCUT2D eigenvalue weighted by Gasteiger charge is -2.14. The zero-order chi connectivity index (χ0) is 15.5. The standard InChI is InChI=1S/C12H16N2O5S/c1-7-4-5-10(14-20(3,18)19)9(6-7)11(15)13-8(2)12(16)17/h4-6,8,14H,1-3H3,(H,13,15)(H,16,17). The van der Waals surface area contributed by atoms with E-state index in [0.29, 0.717) is 0 Å². The van der Waals surface area contributed by atoms with E-state index >= 15 is 0 Å². The summed E-state index contributed by atoms with van der Waals surface area (Å²) < 4.78 is 24.7. The second kappa shape index (κ2) is 5.91. The SMILES string of the molecule is Cc1ccc(NS(C)(=O)=O)c(C(=O)NC(C)C(=O)O)c1. The monoisotopic (exact) mass is 300 g/mol.